The standard InChI is InChI=1S/C18H14ClF5N2O/c1-9(26-16(27)14-12(20)3-2-4-13(14)21)17(5-6-17)15-11(19)7-10(8-25-15)18(22,23)24/h2-4,7-9H,5-6H2,1H3,(H,26,27). The SMILES string of the molecule is CC(NC(=O)c1c(F)cccc1F)C1(c2ncc(C(F)(F)F)cc2Cl)CC1. The van der Waals surface area contributed by atoms with Crippen molar-refractivity contribution in [3.63, 3.8) is 0 Å². The number of hydrogen-bond acceptors (Lipinski definition) is 2. The molecule has 0 spiro atoms. The highest BCUT2D eigenvalue weighted by atomic mass is 35.5. The van der Waals surface area contributed by atoms with Crippen LogP contribution in [-0.4, -0.2) is 16.9 Å². The molecule has 1 aromatic heterocycles. The Morgan fingerprint density at radius 2 is 1.85 bits per heavy atom. The van der Waals surface area contributed by atoms with E-state index >= 15 is 0 Å². The maximum atomic E-state index is 13.8. The largest absolute Gasteiger partial charge is 0.417 e. The Balaban J connectivity index is 1.85. The van der Waals surface area contributed by atoms with Crippen molar-refractivity contribution in [1.82, 2.24) is 10.3 Å². The number of benzene rings is 1. The molecular formula is C18H14ClF5N2O. The molecule has 1 atom stereocenters. The molecular weight excluding hydrogens is 391 g/mol. The second-order valence-electron chi connectivity index (χ2n) is 6.50. The number of halogens is 6. The quantitative estimate of drug-likeness (QED) is 0.738. The van der Waals surface area contributed by atoms with Gasteiger partial charge in [-0.15, -0.1) is 0 Å². The van der Waals surface area contributed by atoms with Crippen molar-refractivity contribution in [1.29, 1.82) is 0 Å². The van der Waals surface area contributed by atoms with E-state index < -0.39 is 46.3 Å². The Morgan fingerprint density at radius 1 is 1.26 bits per heavy atom. The van der Waals surface area contributed by atoms with Crippen molar-refractivity contribution in [2.24, 2.45) is 0 Å². The van der Waals surface area contributed by atoms with Gasteiger partial charge in [0.05, 0.1) is 16.3 Å². The Labute approximate surface area is 156 Å². The molecule has 0 radical (unpaired) electrons. The van der Waals surface area contributed by atoms with Gasteiger partial charge >= 0.3 is 6.18 Å². The van der Waals surface area contributed by atoms with Crippen LogP contribution in [0.2, 0.25) is 5.02 Å². The predicted octanol–water partition coefficient (Wildman–Crippen LogP) is 4.88. The smallest absolute Gasteiger partial charge is 0.348 e. The van der Waals surface area contributed by atoms with Gasteiger partial charge in [0, 0.05) is 17.7 Å². The second-order valence-corrected chi connectivity index (χ2v) is 6.91. The third-order valence-corrected chi connectivity index (χ3v) is 5.08. The van der Waals surface area contributed by atoms with Crippen LogP contribution in [0.4, 0.5) is 22.0 Å². The molecule has 1 saturated carbocycles. The molecule has 144 valence electrons. The molecule has 27 heavy (non-hydrogen) atoms. The van der Waals surface area contributed by atoms with Crippen LogP contribution < -0.4 is 5.32 Å². The number of carbonyl (C=O) groups excluding carboxylic acids is 1. The fourth-order valence-corrected chi connectivity index (χ4v) is 3.45. The van der Waals surface area contributed by atoms with Crippen LogP contribution in [0.3, 0.4) is 0 Å². The van der Waals surface area contributed by atoms with Crippen LogP contribution >= 0.6 is 11.6 Å². The van der Waals surface area contributed by atoms with Gasteiger partial charge in [0.15, 0.2) is 0 Å². The average molecular weight is 405 g/mol. The second kappa shape index (κ2) is 6.74. The van der Waals surface area contributed by atoms with Crippen molar-refractivity contribution in [2.75, 3.05) is 0 Å². The number of hydrogen-bond donors (Lipinski definition) is 1. The minimum absolute atomic E-state index is 0.166. The van der Waals surface area contributed by atoms with E-state index in [1.165, 1.54) is 0 Å². The van der Waals surface area contributed by atoms with Crippen molar-refractivity contribution in [3.8, 4) is 0 Å². The molecule has 0 aliphatic heterocycles. The van der Waals surface area contributed by atoms with Gasteiger partial charge in [-0.1, -0.05) is 17.7 Å². The van der Waals surface area contributed by atoms with Crippen molar-refractivity contribution in [3.05, 3.63) is 63.9 Å². The zero-order chi connectivity index (χ0) is 20.0. The molecule has 3 nitrogen and oxygen atoms in total. The van der Waals surface area contributed by atoms with Gasteiger partial charge in [0.25, 0.3) is 5.91 Å². The van der Waals surface area contributed by atoms with E-state index in [2.05, 4.69) is 10.3 Å². The predicted molar refractivity (Wildman–Crippen MR) is 88.4 cm³/mol. The van der Waals surface area contributed by atoms with E-state index in [1.807, 2.05) is 0 Å². The van der Waals surface area contributed by atoms with Crippen LogP contribution in [0, 0.1) is 11.6 Å². The van der Waals surface area contributed by atoms with Crippen molar-refractivity contribution in [2.45, 2.75) is 37.4 Å². The fourth-order valence-electron chi connectivity index (χ4n) is 3.09. The Kier molecular flexibility index (Phi) is 4.88. The van der Waals surface area contributed by atoms with Gasteiger partial charge in [-0.25, -0.2) is 8.78 Å². The fraction of sp³-hybridized carbons (Fsp3) is 0.333. The maximum absolute atomic E-state index is 13.8. The molecule has 9 heteroatoms. The van der Waals surface area contributed by atoms with Gasteiger partial charge in [-0.2, -0.15) is 13.2 Å². The highest BCUT2D eigenvalue weighted by Crippen LogP contribution is 2.52. The summed E-state index contributed by atoms with van der Waals surface area (Å²) >= 11 is 6.01. The number of nitrogens with zero attached hydrogens (tertiary/aromatic N) is 1. The van der Waals surface area contributed by atoms with Crippen LogP contribution in [0.25, 0.3) is 0 Å². The summed E-state index contributed by atoms with van der Waals surface area (Å²) in [7, 11) is 0. The minimum Gasteiger partial charge on any atom is -0.348 e. The van der Waals surface area contributed by atoms with E-state index in [0.29, 0.717) is 19.0 Å². The Bertz CT molecular complexity index is 876. The zero-order valence-corrected chi connectivity index (χ0v) is 14.8. The summed E-state index contributed by atoms with van der Waals surface area (Å²) in [5, 5.41) is 2.35. The monoisotopic (exact) mass is 404 g/mol. The summed E-state index contributed by atoms with van der Waals surface area (Å²) in [4.78, 5) is 16.1. The minimum atomic E-state index is -4.58. The lowest BCUT2D eigenvalue weighted by atomic mass is 9.92. The normalized spacial score (nSPS) is 16.7. The summed E-state index contributed by atoms with van der Waals surface area (Å²) in [5.74, 6) is -2.96. The molecule has 0 saturated heterocycles. The van der Waals surface area contributed by atoms with E-state index in [-0.39, 0.29) is 10.7 Å². The number of pyridine rings is 1. The first-order valence-corrected chi connectivity index (χ1v) is 8.42. The lowest BCUT2D eigenvalue weighted by molar-refractivity contribution is -0.137. The van der Waals surface area contributed by atoms with E-state index in [0.717, 1.165) is 24.3 Å². The number of carbonyl (C=O) groups is 1. The summed E-state index contributed by atoms with van der Waals surface area (Å²) < 4.78 is 65.9. The molecule has 1 heterocycles. The summed E-state index contributed by atoms with van der Waals surface area (Å²) in [6.07, 6.45) is -2.85. The van der Waals surface area contributed by atoms with Gasteiger partial charge < -0.3 is 5.32 Å². The van der Waals surface area contributed by atoms with Gasteiger partial charge in [0.2, 0.25) is 0 Å². The molecule has 1 amide bonds. The average Bonchev–Trinajstić information content (AvgIpc) is 3.35. The topological polar surface area (TPSA) is 42.0 Å². The van der Waals surface area contributed by atoms with Crippen LogP contribution in [-0.2, 0) is 11.6 Å². The van der Waals surface area contributed by atoms with Crippen LogP contribution in [0.15, 0.2) is 30.5 Å². The molecule has 1 aliphatic rings. The highest BCUT2D eigenvalue weighted by molar-refractivity contribution is 6.31. The molecule has 3 rings (SSSR count). The van der Waals surface area contributed by atoms with Crippen LogP contribution in [0.1, 0.15) is 41.4 Å². The molecule has 1 N–H and O–H groups in total. The summed E-state index contributed by atoms with van der Waals surface area (Å²) in [5.41, 5.74) is -2.25. The molecule has 1 fully saturated rings. The van der Waals surface area contributed by atoms with Gasteiger partial charge in [0.1, 0.15) is 17.2 Å². The first kappa shape index (κ1) is 19.5. The number of rotatable bonds is 4. The Hall–Kier alpha value is -2.22. The number of alkyl halides is 3. The van der Waals surface area contributed by atoms with Crippen LogP contribution in [0.5, 0.6) is 0 Å². The third-order valence-electron chi connectivity index (χ3n) is 4.80. The molecule has 1 aliphatic carbocycles. The third kappa shape index (κ3) is 3.63. The number of nitrogens with one attached hydrogen (secondary N) is 1. The molecule has 1 unspecified atom stereocenters. The lowest BCUT2D eigenvalue weighted by Gasteiger charge is -2.25. The Morgan fingerprint density at radius 3 is 2.33 bits per heavy atom. The maximum Gasteiger partial charge on any atom is 0.417 e. The van der Waals surface area contributed by atoms with Gasteiger partial charge in [-0.3, -0.25) is 9.78 Å². The highest BCUT2D eigenvalue weighted by Gasteiger charge is 2.52. The van der Waals surface area contributed by atoms with Crippen molar-refractivity contribution >= 4 is 17.5 Å². The molecule has 0 bridgehead atoms. The van der Waals surface area contributed by atoms with E-state index in [4.69, 9.17) is 11.6 Å². The summed E-state index contributed by atoms with van der Waals surface area (Å²) in [6.45, 7) is 1.60. The lowest BCUT2D eigenvalue weighted by Crippen LogP contribution is -2.42. The van der Waals surface area contributed by atoms with Gasteiger partial charge in [-0.05, 0) is 38.0 Å². The van der Waals surface area contributed by atoms with Crippen molar-refractivity contribution < 1.29 is 26.7 Å². The number of aromatic nitrogens is 1. The number of amides is 1. The zero-order valence-electron chi connectivity index (χ0n) is 14.0. The van der Waals surface area contributed by atoms with E-state index in [1.54, 1.807) is 6.92 Å². The molecule has 1 aromatic carbocycles. The first-order chi connectivity index (χ1) is 12.6. The molecule has 2 aromatic rings. The summed E-state index contributed by atoms with van der Waals surface area (Å²) in [6, 6.07) is 3.20. The first-order valence-electron chi connectivity index (χ1n) is 8.04. The van der Waals surface area contributed by atoms with E-state index in [9.17, 15) is 26.7 Å².